The number of hydrogen-bond acceptors (Lipinski definition) is 6. The quantitative estimate of drug-likeness (QED) is 0.367. The van der Waals surface area contributed by atoms with Gasteiger partial charge in [-0.25, -0.2) is 0 Å². The van der Waals surface area contributed by atoms with Crippen LogP contribution in [-0.2, 0) is 23.8 Å². The molecule has 0 aromatic carbocycles. The summed E-state index contributed by atoms with van der Waals surface area (Å²) in [7, 11) is 0. The summed E-state index contributed by atoms with van der Waals surface area (Å²) >= 11 is 0. The number of carbonyl (C=O) groups excluding carboxylic acids is 2. The van der Waals surface area contributed by atoms with Crippen LogP contribution in [-0.4, -0.2) is 49.6 Å². The Hall–Kier alpha value is -1.14. The maximum atomic E-state index is 11.0. The van der Waals surface area contributed by atoms with Crippen LogP contribution >= 0.6 is 0 Å². The lowest BCUT2D eigenvalue weighted by Crippen LogP contribution is -2.28. The SMILES string of the molecule is CC(=O)OCC(COCCCCCCCCCCO)OC(C)=O. The normalized spacial score (nSPS) is 12.0. The molecule has 136 valence electrons. The molecule has 0 heterocycles. The van der Waals surface area contributed by atoms with Gasteiger partial charge in [-0.15, -0.1) is 0 Å². The zero-order valence-corrected chi connectivity index (χ0v) is 14.6. The van der Waals surface area contributed by atoms with Gasteiger partial charge in [0, 0.05) is 27.1 Å². The molecule has 0 aromatic heterocycles. The number of rotatable bonds is 15. The molecule has 0 saturated carbocycles. The largest absolute Gasteiger partial charge is 0.462 e. The highest BCUT2D eigenvalue weighted by Gasteiger charge is 2.14. The summed E-state index contributed by atoms with van der Waals surface area (Å²) in [5, 5.41) is 8.67. The lowest BCUT2D eigenvalue weighted by molar-refractivity contribution is -0.159. The van der Waals surface area contributed by atoms with E-state index in [0.29, 0.717) is 13.2 Å². The average molecular weight is 332 g/mol. The molecule has 0 aliphatic carbocycles. The first-order valence-electron chi connectivity index (χ1n) is 8.55. The molecule has 0 aliphatic heterocycles. The highest BCUT2D eigenvalue weighted by atomic mass is 16.6. The second-order valence-electron chi connectivity index (χ2n) is 5.66. The van der Waals surface area contributed by atoms with Crippen molar-refractivity contribution in [3.05, 3.63) is 0 Å². The highest BCUT2D eigenvalue weighted by molar-refractivity contribution is 5.67. The van der Waals surface area contributed by atoms with Crippen molar-refractivity contribution in [1.29, 1.82) is 0 Å². The van der Waals surface area contributed by atoms with Crippen LogP contribution in [0.5, 0.6) is 0 Å². The van der Waals surface area contributed by atoms with Crippen LogP contribution in [0.4, 0.5) is 0 Å². The van der Waals surface area contributed by atoms with Gasteiger partial charge in [-0.3, -0.25) is 9.59 Å². The molecule has 0 spiro atoms. The fourth-order valence-electron chi connectivity index (χ4n) is 2.15. The van der Waals surface area contributed by atoms with Gasteiger partial charge in [-0.2, -0.15) is 0 Å². The van der Waals surface area contributed by atoms with Gasteiger partial charge in [0.25, 0.3) is 0 Å². The Labute approximate surface area is 139 Å². The first kappa shape index (κ1) is 21.9. The van der Waals surface area contributed by atoms with Crippen LogP contribution in [0.25, 0.3) is 0 Å². The van der Waals surface area contributed by atoms with Crippen molar-refractivity contribution in [2.45, 2.75) is 71.3 Å². The molecule has 0 aliphatic rings. The van der Waals surface area contributed by atoms with Crippen LogP contribution in [0.15, 0.2) is 0 Å². The van der Waals surface area contributed by atoms with E-state index in [1.54, 1.807) is 0 Å². The Morgan fingerprint density at radius 3 is 1.91 bits per heavy atom. The molecule has 0 radical (unpaired) electrons. The van der Waals surface area contributed by atoms with E-state index in [-0.39, 0.29) is 13.2 Å². The average Bonchev–Trinajstić information content (AvgIpc) is 2.49. The third-order valence-corrected chi connectivity index (χ3v) is 3.31. The van der Waals surface area contributed by atoms with Gasteiger partial charge in [-0.05, 0) is 12.8 Å². The first-order chi connectivity index (χ1) is 11.1. The van der Waals surface area contributed by atoms with Gasteiger partial charge >= 0.3 is 11.9 Å². The minimum atomic E-state index is -0.539. The maximum absolute atomic E-state index is 11.0. The van der Waals surface area contributed by atoms with Crippen LogP contribution in [0.1, 0.15) is 65.2 Å². The standard InChI is InChI=1S/C17H32O6/c1-15(19)22-14-17(23-16(2)20)13-21-12-10-8-6-4-3-5-7-9-11-18/h17-18H,3-14H2,1-2H3. The van der Waals surface area contributed by atoms with E-state index < -0.39 is 18.0 Å². The second-order valence-corrected chi connectivity index (χ2v) is 5.66. The number of hydrogen-bond donors (Lipinski definition) is 1. The van der Waals surface area contributed by atoms with Gasteiger partial charge in [0.2, 0.25) is 0 Å². The Morgan fingerprint density at radius 2 is 1.39 bits per heavy atom. The van der Waals surface area contributed by atoms with Crippen molar-refractivity contribution in [2.75, 3.05) is 26.4 Å². The molecule has 6 heteroatoms. The summed E-state index contributed by atoms with van der Waals surface area (Å²) in [6, 6.07) is 0. The number of carbonyl (C=O) groups is 2. The lowest BCUT2D eigenvalue weighted by atomic mass is 10.1. The third kappa shape index (κ3) is 17.1. The minimum Gasteiger partial charge on any atom is -0.462 e. The van der Waals surface area contributed by atoms with E-state index in [4.69, 9.17) is 19.3 Å². The molecule has 0 aromatic rings. The van der Waals surface area contributed by atoms with Crippen LogP contribution < -0.4 is 0 Å². The van der Waals surface area contributed by atoms with E-state index in [0.717, 1.165) is 25.7 Å². The van der Waals surface area contributed by atoms with Gasteiger partial charge in [-0.1, -0.05) is 38.5 Å². The zero-order valence-electron chi connectivity index (χ0n) is 14.6. The topological polar surface area (TPSA) is 82.1 Å². The predicted molar refractivity (Wildman–Crippen MR) is 87.0 cm³/mol. The van der Waals surface area contributed by atoms with E-state index in [1.807, 2.05) is 0 Å². The first-order valence-corrected chi connectivity index (χ1v) is 8.55. The van der Waals surface area contributed by atoms with Crippen LogP contribution in [0.3, 0.4) is 0 Å². The Kier molecular flexibility index (Phi) is 15.0. The van der Waals surface area contributed by atoms with E-state index in [1.165, 1.54) is 39.5 Å². The summed E-state index contributed by atoms with van der Waals surface area (Å²) in [6.07, 6.45) is 8.37. The van der Waals surface area contributed by atoms with Crippen molar-refractivity contribution in [2.24, 2.45) is 0 Å². The molecule has 0 amide bonds. The van der Waals surface area contributed by atoms with Crippen molar-refractivity contribution >= 4 is 11.9 Å². The molecule has 0 saturated heterocycles. The molecule has 6 nitrogen and oxygen atoms in total. The van der Waals surface area contributed by atoms with E-state index in [2.05, 4.69) is 0 Å². The molecule has 1 atom stereocenters. The number of unbranched alkanes of at least 4 members (excludes halogenated alkanes) is 7. The van der Waals surface area contributed by atoms with Crippen molar-refractivity contribution in [3.63, 3.8) is 0 Å². The minimum absolute atomic E-state index is 0.0305. The molecule has 0 bridgehead atoms. The van der Waals surface area contributed by atoms with E-state index >= 15 is 0 Å². The number of aliphatic hydroxyl groups excluding tert-OH is 1. The molecular weight excluding hydrogens is 300 g/mol. The summed E-state index contributed by atoms with van der Waals surface area (Å²) < 4.78 is 15.4. The van der Waals surface area contributed by atoms with Crippen LogP contribution in [0, 0.1) is 0 Å². The fourth-order valence-corrected chi connectivity index (χ4v) is 2.15. The molecule has 1 unspecified atom stereocenters. The molecule has 0 rings (SSSR count). The van der Waals surface area contributed by atoms with Gasteiger partial charge in [0.1, 0.15) is 6.61 Å². The van der Waals surface area contributed by atoms with Crippen molar-refractivity contribution in [3.8, 4) is 0 Å². The third-order valence-electron chi connectivity index (χ3n) is 3.31. The second kappa shape index (κ2) is 15.7. The lowest BCUT2D eigenvalue weighted by Gasteiger charge is -2.16. The smallest absolute Gasteiger partial charge is 0.303 e. The summed E-state index contributed by atoms with van der Waals surface area (Å²) in [6.45, 7) is 3.82. The molecule has 23 heavy (non-hydrogen) atoms. The highest BCUT2D eigenvalue weighted by Crippen LogP contribution is 2.08. The number of aliphatic hydroxyl groups is 1. The van der Waals surface area contributed by atoms with Crippen LogP contribution in [0.2, 0.25) is 0 Å². The summed E-state index contributed by atoms with van der Waals surface area (Å²) in [4.78, 5) is 21.7. The van der Waals surface area contributed by atoms with E-state index in [9.17, 15) is 9.59 Å². The monoisotopic (exact) mass is 332 g/mol. The Bertz CT molecular complexity index is 305. The molecule has 1 N–H and O–H groups in total. The van der Waals surface area contributed by atoms with Gasteiger partial charge < -0.3 is 19.3 Å². The number of ether oxygens (including phenoxy) is 3. The van der Waals surface area contributed by atoms with Gasteiger partial charge in [0.15, 0.2) is 6.10 Å². The fraction of sp³-hybridized carbons (Fsp3) is 0.882. The predicted octanol–water partition coefficient (Wildman–Crippen LogP) is 2.61. The van der Waals surface area contributed by atoms with Gasteiger partial charge in [0.05, 0.1) is 6.61 Å². The molecular formula is C17H32O6. The zero-order chi connectivity index (χ0) is 17.3. The van der Waals surface area contributed by atoms with Crippen molar-refractivity contribution < 1.29 is 28.9 Å². The Balaban J connectivity index is 3.50. The number of esters is 2. The molecule has 0 fully saturated rings. The Morgan fingerprint density at radius 1 is 0.826 bits per heavy atom. The summed E-state index contributed by atoms with van der Waals surface area (Å²) in [5.74, 6) is -0.812. The summed E-state index contributed by atoms with van der Waals surface area (Å²) in [5.41, 5.74) is 0. The van der Waals surface area contributed by atoms with Crippen molar-refractivity contribution in [1.82, 2.24) is 0 Å². The maximum Gasteiger partial charge on any atom is 0.303 e.